The lowest BCUT2D eigenvalue weighted by atomic mass is 10.1. The number of benzene rings is 2. The fourth-order valence-corrected chi connectivity index (χ4v) is 2.17. The maximum Gasteiger partial charge on any atom is 0.257 e. The molecule has 0 aliphatic heterocycles. The van der Waals surface area contributed by atoms with Crippen molar-refractivity contribution < 1.29 is 14.6 Å². The van der Waals surface area contributed by atoms with Gasteiger partial charge in [0.2, 0.25) is 0 Å². The van der Waals surface area contributed by atoms with E-state index in [0.29, 0.717) is 11.6 Å². The number of hydrogen-bond acceptors (Lipinski definition) is 3. The number of rotatable bonds is 4. The molecule has 0 aromatic heterocycles. The molecule has 0 aliphatic carbocycles. The molecule has 21 heavy (non-hydrogen) atoms. The lowest BCUT2D eigenvalue weighted by Crippen LogP contribution is -2.26. The van der Waals surface area contributed by atoms with E-state index < -0.39 is 0 Å². The molecule has 2 aromatic carbocycles. The Morgan fingerprint density at radius 3 is 2.71 bits per heavy atom. The maximum absolute atomic E-state index is 12.3. The van der Waals surface area contributed by atoms with Gasteiger partial charge in [0.05, 0.1) is 12.7 Å². The van der Waals surface area contributed by atoms with Crippen LogP contribution in [-0.2, 0) is 6.54 Å². The van der Waals surface area contributed by atoms with E-state index in [0.717, 1.165) is 11.3 Å². The largest absolute Gasteiger partial charge is 0.507 e. The number of amides is 1. The molecule has 0 unspecified atom stereocenters. The summed E-state index contributed by atoms with van der Waals surface area (Å²) in [7, 11) is 3.27. The Balaban J connectivity index is 2.15. The first-order valence-electron chi connectivity index (χ1n) is 6.38. The van der Waals surface area contributed by atoms with Crippen LogP contribution in [0, 0.1) is 0 Å². The van der Waals surface area contributed by atoms with Crippen LogP contribution < -0.4 is 4.74 Å². The molecule has 0 radical (unpaired) electrons. The Morgan fingerprint density at radius 2 is 2.05 bits per heavy atom. The molecule has 5 heteroatoms. The van der Waals surface area contributed by atoms with Gasteiger partial charge in [0.15, 0.2) is 0 Å². The highest BCUT2D eigenvalue weighted by atomic mass is 35.5. The second kappa shape index (κ2) is 6.50. The number of hydrogen-bond donors (Lipinski definition) is 1. The van der Waals surface area contributed by atoms with E-state index in [9.17, 15) is 9.90 Å². The van der Waals surface area contributed by atoms with Crippen LogP contribution in [0.4, 0.5) is 0 Å². The van der Waals surface area contributed by atoms with Crippen LogP contribution in [0.5, 0.6) is 11.5 Å². The smallest absolute Gasteiger partial charge is 0.257 e. The predicted molar refractivity (Wildman–Crippen MR) is 81.9 cm³/mol. The van der Waals surface area contributed by atoms with Gasteiger partial charge in [-0.3, -0.25) is 4.79 Å². The molecule has 1 amide bonds. The van der Waals surface area contributed by atoms with Gasteiger partial charge in [0.1, 0.15) is 11.5 Å². The third-order valence-corrected chi connectivity index (χ3v) is 3.33. The van der Waals surface area contributed by atoms with Gasteiger partial charge in [-0.25, -0.2) is 0 Å². The first kappa shape index (κ1) is 15.2. The van der Waals surface area contributed by atoms with Crippen LogP contribution in [0.1, 0.15) is 15.9 Å². The van der Waals surface area contributed by atoms with E-state index in [1.807, 2.05) is 24.3 Å². The summed E-state index contributed by atoms with van der Waals surface area (Å²) in [5.74, 6) is 0.347. The summed E-state index contributed by atoms with van der Waals surface area (Å²) in [6.45, 7) is 0.415. The lowest BCUT2D eigenvalue weighted by molar-refractivity contribution is 0.0782. The summed E-state index contributed by atoms with van der Waals surface area (Å²) < 4.78 is 5.16. The highest BCUT2D eigenvalue weighted by Gasteiger charge is 2.16. The SMILES string of the molecule is COc1cccc(CN(C)C(=O)c2ccc(Cl)cc2O)c1. The van der Waals surface area contributed by atoms with Crippen LogP contribution in [-0.4, -0.2) is 30.1 Å². The molecule has 0 bridgehead atoms. The van der Waals surface area contributed by atoms with Crippen molar-refractivity contribution in [3.05, 3.63) is 58.6 Å². The Labute approximate surface area is 128 Å². The van der Waals surface area contributed by atoms with Gasteiger partial charge in [-0.15, -0.1) is 0 Å². The molecule has 0 spiro atoms. The average molecular weight is 306 g/mol. The van der Waals surface area contributed by atoms with Crippen LogP contribution in [0.2, 0.25) is 5.02 Å². The van der Waals surface area contributed by atoms with E-state index in [2.05, 4.69) is 0 Å². The van der Waals surface area contributed by atoms with Crippen molar-refractivity contribution in [1.82, 2.24) is 4.90 Å². The van der Waals surface area contributed by atoms with Gasteiger partial charge < -0.3 is 14.7 Å². The zero-order valence-electron chi connectivity index (χ0n) is 11.8. The molecule has 0 saturated heterocycles. The van der Waals surface area contributed by atoms with E-state index in [1.165, 1.54) is 17.0 Å². The number of aromatic hydroxyl groups is 1. The number of halogens is 1. The van der Waals surface area contributed by atoms with Crippen molar-refractivity contribution in [3.8, 4) is 11.5 Å². The zero-order valence-corrected chi connectivity index (χ0v) is 12.6. The van der Waals surface area contributed by atoms with Crippen LogP contribution in [0.3, 0.4) is 0 Å². The number of ether oxygens (including phenoxy) is 1. The van der Waals surface area contributed by atoms with E-state index in [4.69, 9.17) is 16.3 Å². The first-order valence-corrected chi connectivity index (χ1v) is 6.76. The van der Waals surface area contributed by atoms with Gasteiger partial charge in [0.25, 0.3) is 5.91 Å². The quantitative estimate of drug-likeness (QED) is 0.942. The number of carbonyl (C=O) groups excluding carboxylic acids is 1. The highest BCUT2D eigenvalue weighted by Crippen LogP contribution is 2.23. The molecule has 0 aliphatic rings. The van der Waals surface area contributed by atoms with E-state index >= 15 is 0 Å². The van der Waals surface area contributed by atoms with Gasteiger partial charge in [-0.1, -0.05) is 23.7 Å². The third kappa shape index (κ3) is 3.67. The number of phenols is 1. The summed E-state index contributed by atoms with van der Waals surface area (Å²) in [5, 5.41) is 10.2. The highest BCUT2D eigenvalue weighted by molar-refractivity contribution is 6.30. The Hall–Kier alpha value is -2.20. The van der Waals surface area contributed by atoms with Gasteiger partial charge >= 0.3 is 0 Å². The van der Waals surface area contributed by atoms with Crippen molar-refractivity contribution in [3.63, 3.8) is 0 Å². The minimum absolute atomic E-state index is 0.120. The molecule has 0 heterocycles. The van der Waals surface area contributed by atoms with Gasteiger partial charge in [-0.2, -0.15) is 0 Å². The normalized spacial score (nSPS) is 10.2. The average Bonchev–Trinajstić information content (AvgIpc) is 2.46. The first-order chi connectivity index (χ1) is 10.0. The van der Waals surface area contributed by atoms with Crippen LogP contribution in [0.15, 0.2) is 42.5 Å². The number of carbonyl (C=O) groups is 1. The Bertz CT molecular complexity index is 658. The maximum atomic E-state index is 12.3. The third-order valence-electron chi connectivity index (χ3n) is 3.09. The molecule has 2 rings (SSSR count). The Morgan fingerprint density at radius 1 is 1.29 bits per heavy atom. The summed E-state index contributed by atoms with van der Waals surface area (Å²) in [6, 6.07) is 11.9. The van der Waals surface area contributed by atoms with Crippen molar-refractivity contribution >= 4 is 17.5 Å². The van der Waals surface area contributed by atoms with E-state index in [1.54, 1.807) is 20.2 Å². The van der Waals surface area contributed by atoms with Crippen molar-refractivity contribution in [2.75, 3.05) is 14.2 Å². The molecule has 4 nitrogen and oxygen atoms in total. The molecule has 1 N–H and O–H groups in total. The fourth-order valence-electron chi connectivity index (χ4n) is 2.01. The van der Waals surface area contributed by atoms with Crippen molar-refractivity contribution in [2.45, 2.75) is 6.54 Å². The molecule has 0 saturated carbocycles. The summed E-state index contributed by atoms with van der Waals surface area (Å²) in [5.41, 5.74) is 1.17. The molecule has 2 aromatic rings. The number of nitrogens with zero attached hydrogens (tertiary/aromatic N) is 1. The topological polar surface area (TPSA) is 49.8 Å². The molecule has 0 atom stereocenters. The van der Waals surface area contributed by atoms with Gasteiger partial charge in [0, 0.05) is 18.6 Å². The van der Waals surface area contributed by atoms with Gasteiger partial charge in [-0.05, 0) is 35.9 Å². The summed E-state index contributed by atoms with van der Waals surface area (Å²) >= 11 is 5.77. The van der Waals surface area contributed by atoms with Crippen LogP contribution in [0.25, 0.3) is 0 Å². The molecular formula is C16H16ClNO3. The fraction of sp³-hybridized carbons (Fsp3) is 0.188. The van der Waals surface area contributed by atoms with E-state index in [-0.39, 0.29) is 17.2 Å². The number of phenolic OH excluding ortho intramolecular Hbond substituents is 1. The zero-order chi connectivity index (χ0) is 15.4. The second-order valence-electron chi connectivity index (χ2n) is 4.67. The lowest BCUT2D eigenvalue weighted by Gasteiger charge is -2.18. The minimum Gasteiger partial charge on any atom is -0.507 e. The minimum atomic E-state index is -0.271. The monoisotopic (exact) mass is 305 g/mol. The molecule has 110 valence electrons. The Kier molecular flexibility index (Phi) is 4.70. The molecule has 0 fully saturated rings. The summed E-state index contributed by atoms with van der Waals surface area (Å²) in [4.78, 5) is 13.9. The molecular weight excluding hydrogens is 290 g/mol. The number of methoxy groups -OCH3 is 1. The van der Waals surface area contributed by atoms with Crippen molar-refractivity contribution in [1.29, 1.82) is 0 Å². The van der Waals surface area contributed by atoms with Crippen molar-refractivity contribution in [2.24, 2.45) is 0 Å². The summed E-state index contributed by atoms with van der Waals surface area (Å²) in [6.07, 6.45) is 0. The standard InChI is InChI=1S/C16H16ClNO3/c1-18(10-11-4-3-5-13(8-11)21-2)16(20)14-7-6-12(17)9-15(14)19/h3-9,19H,10H2,1-2H3. The van der Waals surface area contributed by atoms with Crippen LogP contribution >= 0.6 is 11.6 Å². The predicted octanol–water partition coefficient (Wildman–Crippen LogP) is 3.33. The second-order valence-corrected chi connectivity index (χ2v) is 5.11.